The number of piperidine rings is 1. The topological polar surface area (TPSA) is 98.8 Å². The van der Waals surface area contributed by atoms with Crippen molar-refractivity contribution in [3.05, 3.63) is 0 Å². The number of rotatable bonds is 14. The molecule has 5 unspecified atom stereocenters. The summed E-state index contributed by atoms with van der Waals surface area (Å²) in [4.78, 5) is 55.9. The summed E-state index contributed by atoms with van der Waals surface area (Å²) in [7, 11) is 3.42. The van der Waals surface area contributed by atoms with Crippen LogP contribution in [0.4, 0.5) is 0 Å². The number of amides is 3. The summed E-state index contributed by atoms with van der Waals surface area (Å²) in [5.74, 6) is -0.359. The van der Waals surface area contributed by atoms with Crippen molar-refractivity contribution in [3.8, 4) is 0 Å². The molecule has 8 heteroatoms. The van der Waals surface area contributed by atoms with Crippen LogP contribution in [0.15, 0.2) is 0 Å². The Kier molecular flexibility index (Phi) is 12.9. The van der Waals surface area contributed by atoms with Gasteiger partial charge in [-0.1, -0.05) is 60.8 Å². The van der Waals surface area contributed by atoms with E-state index in [1.165, 1.54) is 11.8 Å². The number of ketones is 1. The molecule has 1 aliphatic heterocycles. The zero-order valence-corrected chi connectivity index (χ0v) is 23.5. The molecule has 1 heterocycles. The van der Waals surface area contributed by atoms with Gasteiger partial charge in [0.2, 0.25) is 17.7 Å². The van der Waals surface area contributed by atoms with E-state index in [9.17, 15) is 19.2 Å². The zero-order chi connectivity index (χ0) is 26.9. The Morgan fingerprint density at radius 2 is 1.77 bits per heavy atom. The summed E-state index contributed by atoms with van der Waals surface area (Å²) >= 11 is 0. The molecule has 0 bridgehead atoms. The molecule has 202 valence electrons. The van der Waals surface area contributed by atoms with Crippen LogP contribution >= 0.6 is 0 Å². The highest BCUT2D eigenvalue weighted by Crippen LogP contribution is 2.25. The Bertz CT molecular complexity index is 724. The third-order valence-corrected chi connectivity index (χ3v) is 7.01. The van der Waals surface area contributed by atoms with Gasteiger partial charge in [0.25, 0.3) is 0 Å². The average molecular weight is 495 g/mol. The molecule has 1 fully saturated rings. The number of hydrogen-bond donors (Lipinski definition) is 2. The van der Waals surface area contributed by atoms with Gasteiger partial charge in [-0.2, -0.15) is 0 Å². The molecule has 1 saturated heterocycles. The first-order valence-electron chi connectivity index (χ1n) is 13.4. The number of hydrogen-bond acceptors (Lipinski definition) is 5. The monoisotopic (exact) mass is 494 g/mol. The summed E-state index contributed by atoms with van der Waals surface area (Å²) in [5.41, 5.74) is 0. The molecule has 0 spiro atoms. The second-order valence-electron chi connectivity index (χ2n) is 11.1. The molecule has 5 atom stereocenters. The maximum Gasteiger partial charge on any atom is 0.246 e. The van der Waals surface area contributed by atoms with Crippen molar-refractivity contribution in [2.75, 3.05) is 20.6 Å². The van der Waals surface area contributed by atoms with Gasteiger partial charge < -0.3 is 20.4 Å². The lowest BCUT2D eigenvalue weighted by Gasteiger charge is -2.43. The number of nitrogens with one attached hydrogen (secondary N) is 2. The molecule has 1 aliphatic rings. The van der Waals surface area contributed by atoms with Crippen molar-refractivity contribution >= 4 is 23.5 Å². The van der Waals surface area contributed by atoms with Crippen molar-refractivity contribution in [3.63, 3.8) is 0 Å². The minimum absolute atomic E-state index is 0.0662. The number of likely N-dealkylation sites (N-methyl/N-ethyl adjacent to an activating group) is 2. The van der Waals surface area contributed by atoms with Crippen LogP contribution in [0.2, 0.25) is 0 Å². The summed E-state index contributed by atoms with van der Waals surface area (Å²) < 4.78 is 0. The molecule has 0 aliphatic carbocycles. The minimum atomic E-state index is -0.714. The van der Waals surface area contributed by atoms with Gasteiger partial charge in [0, 0.05) is 13.6 Å². The SMILES string of the molecule is CCCCCC(NC(=O)C(CC(C)C)N(C)C(=O)C(C(C)C)N1CC(C)CC(NC)C1=O)C(C)=O. The summed E-state index contributed by atoms with van der Waals surface area (Å²) in [5, 5.41) is 6.01. The van der Waals surface area contributed by atoms with E-state index >= 15 is 0 Å². The van der Waals surface area contributed by atoms with Gasteiger partial charge in [0.05, 0.1) is 12.1 Å². The van der Waals surface area contributed by atoms with Crippen LogP contribution in [-0.2, 0) is 19.2 Å². The quantitative estimate of drug-likeness (QED) is 0.362. The standard InChI is InChI=1S/C27H50N4O4/c1-10-11-12-13-21(20(7)32)29-25(33)23(14-17(2)3)30(9)27(35)24(18(4)5)31-16-19(6)15-22(28-8)26(31)34/h17-19,21-24,28H,10-16H2,1-9H3,(H,29,33). The highest BCUT2D eigenvalue weighted by Gasteiger charge is 2.42. The van der Waals surface area contributed by atoms with Crippen molar-refractivity contribution in [2.45, 2.75) is 111 Å². The molecular weight excluding hydrogens is 444 g/mol. The zero-order valence-electron chi connectivity index (χ0n) is 23.5. The average Bonchev–Trinajstić information content (AvgIpc) is 2.77. The Morgan fingerprint density at radius 3 is 2.26 bits per heavy atom. The van der Waals surface area contributed by atoms with Crippen LogP contribution in [0.5, 0.6) is 0 Å². The van der Waals surface area contributed by atoms with Gasteiger partial charge in [-0.25, -0.2) is 0 Å². The van der Waals surface area contributed by atoms with Gasteiger partial charge in [0.1, 0.15) is 12.1 Å². The molecule has 35 heavy (non-hydrogen) atoms. The van der Waals surface area contributed by atoms with Crippen molar-refractivity contribution in [1.29, 1.82) is 0 Å². The molecule has 0 aromatic carbocycles. The third-order valence-electron chi connectivity index (χ3n) is 7.01. The largest absolute Gasteiger partial charge is 0.345 e. The van der Waals surface area contributed by atoms with E-state index in [1.807, 2.05) is 27.7 Å². The first kappa shape index (κ1) is 31.1. The third kappa shape index (κ3) is 8.89. The highest BCUT2D eigenvalue weighted by molar-refractivity contribution is 5.95. The molecule has 2 N–H and O–H groups in total. The second-order valence-corrected chi connectivity index (χ2v) is 11.1. The van der Waals surface area contributed by atoms with Gasteiger partial charge in [-0.05, 0) is 51.0 Å². The molecule has 0 aromatic rings. The number of carbonyl (C=O) groups is 4. The van der Waals surface area contributed by atoms with Crippen LogP contribution in [-0.4, -0.2) is 78.1 Å². The predicted octanol–water partition coefficient (Wildman–Crippen LogP) is 2.99. The first-order chi connectivity index (χ1) is 16.3. The van der Waals surface area contributed by atoms with Gasteiger partial charge in [-0.3, -0.25) is 19.2 Å². The van der Waals surface area contributed by atoms with Gasteiger partial charge in [0.15, 0.2) is 5.78 Å². The number of nitrogens with zero attached hydrogens (tertiary/aromatic N) is 2. The van der Waals surface area contributed by atoms with Crippen LogP contribution in [0.1, 0.15) is 87.0 Å². The fourth-order valence-corrected chi connectivity index (χ4v) is 4.97. The fraction of sp³-hybridized carbons (Fsp3) is 0.852. The summed E-state index contributed by atoms with van der Waals surface area (Å²) in [6.45, 7) is 14.1. The molecule has 0 saturated carbocycles. The maximum atomic E-state index is 13.9. The van der Waals surface area contributed by atoms with E-state index in [-0.39, 0.29) is 47.3 Å². The minimum Gasteiger partial charge on any atom is -0.345 e. The van der Waals surface area contributed by atoms with E-state index in [0.717, 1.165) is 25.7 Å². The fourth-order valence-electron chi connectivity index (χ4n) is 4.97. The number of unbranched alkanes of at least 4 members (excludes halogenated alkanes) is 2. The highest BCUT2D eigenvalue weighted by atomic mass is 16.2. The Labute approximate surface area is 212 Å². The normalized spacial score (nSPS) is 21.1. The first-order valence-corrected chi connectivity index (χ1v) is 13.4. The van der Waals surface area contributed by atoms with Crippen molar-refractivity contribution in [2.24, 2.45) is 17.8 Å². The second kappa shape index (κ2) is 14.6. The molecule has 8 nitrogen and oxygen atoms in total. The number of carbonyl (C=O) groups excluding carboxylic acids is 4. The van der Waals surface area contributed by atoms with E-state index in [4.69, 9.17) is 0 Å². The molecule has 1 rings (SSSR count). The van der Waals surface area contributed by atoms with Crippen molar-refractivity contribution < 1.29 is 19.2 Å². The van der Waals surface area contributed by atoms with Crippen LogP contribution < -0.4 is 10.6 Å². The van der Waals surface area contributed by atoms with Crippen LogP contribution in [0.3, 0.4) is 0 Å². The van der Waals surface area contributed by atoms with E-state index in [1.54, 1.807) is 19.0 Å². The van der Waals surface area contributed by atoms with E-state index < -0.39 is 18.1 Å². The molecule has 3 amide bonds. The molecule has 0 radical (unpaired) electrons. The summed E-state index contributed by atoms with van der Waals surface area (Å²) in [6, 6.07) is -2.22. The number of Topliss-reactive ketones (excluding diaryl/α,β-unsaturated/α-hetero) is 1. The van der Waals surface area contributed by atoms with Crippen LogP contribution in [0.25, 0.3) is 0 Å². The van der Waals surface area contributed by atoms with E-state index in [2.05, 4.69) is 24.5 Å². The maximum absolute atomic E-state index is 13.9. The van der Waals surface area contributed by atoms with Crippen LogP contribution in [0, 0.1) is 17.8 Å². The Hall–Kier alpha value is -1.96. The predicted molar refractivity (Wildman–Crippen MR) is 140 cm³/mol. The lowest BCUT2D eigenvalue weighted by atomic mass is 9.90. The van der Waals surface area contributed by atoms with Gasteiger partial charge >= 0.3 is 0 Å². The van der Waals surface area contributed by atoms with Crippen molar-refractivity contribution in [1.82, 2.24) is 20.4 Å². The molecule has 0 aromatic heterocycles. The van der Waals surface area contributed by atoms with Gasteiger partial charge in [-0.15, -0.1) is 0 Å². The lowest BCUT2D eigenvalue weighted by Crippen LogP contribution is -2.62. The van der Waals surface area contributed by atoms with E-state index in [0.29, 0.717) is 19.4 Å². The Balaban J connectivity index is 3.17. The Morgan fingerprint density at radius 1 is 1.14 bits per heavy atom. The molecular formula is C27H50N4O4. The number of likely N-dealkylation sites (tertiary alicyclic amines) is 1. The lowest BCUT2D eigenvalue weighted by molar-refractivity contribution is -0.154. The summed E-state index contributed by atoms with van der Waals surface area (Å²) in [6.07, 6.45) is 4.71. The smallest absolute Gasteiger partial charge is 0.246 e.